The molecule has 0 amide bonds. The summed E-state index contributed by atoms with van der Waals surface area (Å²) in [6, 6.07) is 0. The van der Waals surface area contributed by atoms with E-state index in [1.54, 1.807) is 5.10 Å². The lowest BCUT2D eigenvalue weighted by molar-refractivity contribution is -0.142. The minimum atomic E-state index is -4.79. The van der Waals surface area contributed by atoms with E-state index in [0.717, 1.165) is 6.20 Å². The summed E-state index contributed by atoms with van der Waals surface area (Å²) in [5, 5.41) is 5.14. The van der Waals surface area contributed by atoms with E-state index in [9.17, 15) is 22.8 Å². The van der Waals surface area contributed by atoms with Gasteiger partial charge in [0.2, 0.25) is 0 Å². The van der Waals surface area contributed by atoms with Gasteiger partial charge < -0.3 is 14.4 Å². The molecule has 0 spiro atoms. The second-order valence-corrected chi connectivity index (χ2v) is 4.32. The Balaban J connectivity index is 2.63. The first-order valence-electron chi connectivity index (χ1n) is 6.28. The van der Waals surface area contributed by atoms with E-state index in [-0.39, 0.29) is 31.9 Å². The first-order valence-corrected chi connectivity index (χ1v) is 6.28. The predicted octanol–water partition coefficient (Wildman–Crippen LogP) is 0.805. The van der Waals surface area contributed by atoms with Crippen molar-refractivity contribution >= 4 is 11.7 Å². The summed E-state index contributed by atoms with van der Waals surface area (Å²) in [6.45, 7) is 0.271. The van der Waals surface area contributed by atoms with Gasteiger partial charge in [-0.25, -0.2) is 5.10 Å². The number of H-pyrrole nitrogens is 1. The standard InChI is InChI=1S/C12H16F3N3O4/c1-18(4-6-22-5-3-9(19)21-2)8-7-16-17-11(20)10(8)12(13,14)15/h7H,3-6H2,1-2H3,(H,17,20). The summed E-state index contributed by atoms with van der Waals surface area (Å²) in [7, 11) is 2.63. The molecule has 22 heavy (non-hydrogen) atoms. The maximum absolute atomic E-state index is 12.9. The highest BCUT2D eigenvalue weighted by atomic mass is 19.4. The van der Waals surface area contributed by atoms with Gasteiger partial charge in [-0.15, -0.1) is 0 Å². The van der Waals surface area contributed by atoms with Gasteiger partial charge in [0.25, 0.3) is 5.56 Å². The third-order valence-corrected chi connectivity index (χ3v) is 2.78. The van der Waals surface area contributed by atoms with Crippen molar-refractivity contribution in [3.05, 3.63) is 22.1 Å². The van der Waals surface area contributed by atoms with Crippen LogP contribution in [-0.4, -0.2) is 50.1 Å². The minimum Gasteiger partial charge on any atom is -0.469 e. The smallest absolute Gasteiger partial charge is 0.423 e. The van der Waals surface area contributed by atoms with Gasteiger partial charge in [0.05, 0.1) is 38.6 Å². The van der Waals surface area contributed by atoms with Gasteiger partial charge >= 0.3 is 12.1 Å². The second kappa shape index (κ2) is 7.78. The van der Waals surface area contributed by atoms with Crippen molar-refractivity contribution < 1.29 is 27.4 Å². The van der Waals surface area contributed by atoms with Crippen molar-refractivity contribution in [1.82, 2.24) is 10.2 Å². The molecule has 0 atom stereocenters. The number of hydrogen-bond acceptors (Lipinski definition) is 6. The highest BCUT2D eigenvalue weighted by molar-refractivity contribution is 5.69. The normalized spacial score (nSPS) is 11.3. The number of aromatic nitrogens is 2. The van der Waals surface area contributed by atoms with Crippen LogP contribution in [0.5, 0.6) is 0 Å². The van der Waals surface area contributed by atoms with Crippen molar-refractivity contribution in [3.63, 3.8) is 0 Å². The summed E-state index contributed by atoms with van der Waals surface area (Å²) in [6.07, 6.45) is -3.80. The Morgan fingerprint density at radius 2 is 2.09 bits per heavy atom. The van der Waals surface area contributed by atoms with Crippen molar-refractivity contribution in [2.24, 2.45) is 0 Å². The van der Waals surface area contributed by atoms with Gasteiger partial charge in [-0.05, 0) is 0 Å². The van der Waals surface area contributed by atoms with Gasteiger partial charge in [-0.2, -0.15) is 18.3 Å². The zero-order valence-electron chi connectivity index (χ0n) is 12.1. The number of ether oxygens (including phenoxy) is 2. The van der Waals surface area contributed by atoms with Crippen LogP contribution in [-0.2, 0) is 20.4 Å². The number of aromatic amines is 1. The molecule has 0 unspecified atom stereocenters. The molecule has 0 aliphatic carbocycles. The van der Waals surface area contributed by atoms with E-state index in [1.807, 2.05) is 0 Å². The lowest BCUT2D eigenvalue weighted by atomic mass is 10.2. The van der Waals surface area contributed by atoms with Gasteiger partial charge in [-0.1, -0.05) is 0 Å². The van der Waals surface area contributed by atoms with Crippen LogP contribution in [0.1, 0.15) is 12.0 Å². The van der Waals surface area contributed by atoms with Crippen molar-refractivity contribution in [2.45, 2.75) is 12.6 Å². The van der Waals surface area contributed by atoms with Crippen LogP contribution in [0, 0.1) is 0 Å². The predicted molar refractivity (Wildman–Crippen MR) is 70.6 cm³/mol. The number of alkyl halides is 3. The number of nitrogens with zero attached hydrogens (tertiary/aromatic N) is 2. The van der Waals surface area contributed by atoms with Crippen LogP contribution in [0.4, 0.5) is 18.9 Å². The first kappa shape index (κ1) is 18.0. The largest absolute Gasteiger partial charge is 0.469 e. The maximum atomic E-state index is 12.9. The molecule has 0 fully saturated rings. The third kappa shape index (κ3) is 5.02. The highest BCUT2D eigenvalue weighted by Gasteiger charge is 2.38. The number of hydrogen-bond donors (Lipinski definition) is 1. The van der Waals surface area contributed by atoms with E-state index < -0.39 is 23.3 Å². The van der Waals surface area contributed by atoms with Crippen LogP contribution in [0.2, 0.25) is 0 Å². The quantitative estimate of drug-likeness (QED) is 0.590. The molecule has 0 saturated carbocycles. The average Bonchev–Trinajstić information content (AvgIpc) is 2.44. The Morgan fingerprint density at radius 3 is 2.68 bits per heavy atom. The maximum Gasteiger partial charge on any atom is 0.423 e. The first-order chi connectivity index (χ1) is 10.3. The Labute approximate surface area is 124 Å². The Bertz CT molecular complexity index is 559. The molecule has 7 nitrogen and oxygen atoms in total. The van der Waals surface area contributed by atoms with Gasteiger partial charge in [0.1, 0.15) is 5.56 Å². The highest BCUT2D eigenvalue weighted by Crippen LogP contribution is 2.32. The number of nitrogens with one attached hydrogen (secondary N) is 1. The molecule has 10 heteroatoms. The van der Waals surface area contributed by atoms with Gasteiger partial charge in [0.15, 0.2) is 0 Å². The molecule has 0 radical (unpaired) electrons. The summed E-state index contributed by atoms with van der Waals surface area (Å²) < 4.78 is 48.2. The molecule has 0 aromatic carbocycles. The summed E-state index contributed by atoms with van der Waals surface area (Å²) in [5.74, 6) is -0.438. The van der Waals surface area contributed by atoms with Crippen molar-refractivity contribution in [3.8, 4) is 0 Å². The SMILES string of the molecule is COC(=O)CCOCCN(C)c1cn[nH]c(=O)c1C(F)(F)F. The second-order valence-electron chi connectivity index (χ2n) is 4.32. The molecule has 0 saturated heterocycles. The summed E-state index contributed by atoms with van der Waals surface area (Å²) in [5.41, 5.74) is -2.95. The van der Waals surface area contributed by atoms with Crippen molar-refractivity contribution in [2.75, 3.05) is 38.8 Å². The fraction of sp³-hybridized carbons (Fsp3) is 0.583. The topological polar surface area (TPSA) is 84.5 Å². The molecular weight excluding hydrogens is 307 g/mol. The number of carbonyl (C=O) groups excluding carboxylic acids is 1. The fourth-order valence-electron chi connectivity index (χ4n) is 1.63. The van der Waals surface area contributed by atoms with E-state index in [4.69, 9.17) is 4.74 Å². The van der Waals surface area contributed by atoms with Crippen LogP contribution in [0.15, 0.2) is 11.0 Å². The number of anilines is 1. The molecule has 0 aliphatic rings. The van der Waals surface area contributed by atoms with E-state index >= 15 is 0 Å². The number of rotatable bonds is 7. The lowest BCUT2D eigenvalue weighted by Crippen LogP contribution is -2.31. The molecular formula is C12H16F3N3O4. The molecule has 1 N–H and O–H groups in total. The monoisotopic (exact) mass is 323 g/mol. The minimum absolute atomic E-state index is 0.0561. The zero-order chi connectivity index (χ0) is 16.8. The lowest BCUT2D eigenvalue weighted by Gasteiger charge is -2.22. The fourth-order valence-corrected chi connectivity index (χ4v) is 1.63. The number of carbonyl (C=O) groups is 1. The molecule has 0 aliphatic heterocycles. The number of likely N-dealkylation sites (N-methyl/N-ethyl adjacent to an activating group) is 1. The number of esters is 1. The molecule has 124 valence electrons. The van der Waals surface area contributed by atoms with Crippen LogP contribution in [0.25, 0.3) is 0 Å². The Hall–Kier alpha value is -2.10. The van der Waals surface area contributed by atoms with Crippen LogP contribution >= 0.6 is 0 Å². The van der Waals surface area contributed by atoms with E-state index in [0.29, 0.717) is 0 Å². The zero-order valence-corrected chi connectivity index (χ0v) is 12.1. The van der Waals surface area contributed by atoms with E-state index in [1.165, 1.54) is 19.1 Å². The van der Waals surface area contributed by atoms with Crippen LogP contribution in [0.3, 0.4) is 0 Å². The average molecular weight is 323 g/mol. The van der Waals surface area contributed by atoms with E-state index in [2.05, 4.69) is 9.84 Å². The Kier molecular flexibility index (Phi) is 6.35. The number of methoxy groups -OCH3 is 1. The molecule has 1 rings (SSSR count). The van der Waals surface area contributed by atoms with Gasteiger partial charge in [0, 0.05) is 13.6 Å². The Morgan fingerprint density at radius 1 is 1.41 bits per heavy atom. The molecule has 1 aromatic rings. The van der Waals surface area contributed by atoms with Crippen LogP contribution < -0.4 is 10.5 Å². The number of halogens is 3. The third-order valence-electron chi connectivity index (χ3n) is 2.78. The van der Waals surface area contributed by atoms with Gasteiger partial charge in [-0.3, -0.25) is 9.59 Å². The molecule has 1 aromatic heterocycles. The molecule has 1 heterocycles. The summed E-state index contributed by atoms with van der Waals surface area (Å²) >= 11 is 0. The summed E-state index contributed by atoms with van der Waals surface area (Å²) in [4.78, 5) is 23.4. The van der Waals surface area contributed by atoms with Crippen molar-refractivity contribution in [1.29, 1.82) is 0 Å². The molecule has 0 bridgehead atoms.